The molecule has 0 unspecified atom stereocenters. The van der Waals surface area contributed by atoms with E-state index in [-0.39, 0.29) is 6.61 Å². The molecule has 0 spiro atoms. The molecule has 3 nitrogen and oxygen atoms in total. The van der Waals surface area contributed by atoms with Crippen LogP contribution < -0.4 is 14.8 Å². The summed E-state index contributed by atoms with van der Waals surface area (Å²) < 4.78 is 11.2. The fraction of sp³-hybridized carbons (Fsp3) is 0.250. The molecule has 0 amide bonds. The molecule has 0 aliphatic heterocycles. The van der Waals surface area contributed by atoms with E-state index in [1.165, 1.54) is 0 Å². The molecule has 2 rings (SSSR count). The number of nitrogens with one attached hydrogen (secondary N) is 1. The van der Waals surface area contributed by atoms with Crippen molar-refractivity contribution < 1.29 is 9.47 Å². The molecule has 0 aromatic heterocycles. The second-order valence-electron chi connectivity index (χ2n) is 4.63. The molecule has 0 fully saturated rings. The van der Waals surface area contributed by atoms with Crippen LogP contribution in [-0.4, -0.2) is 14.2 Å². The molecule has 0 aliphatic rings. The van der Waals surface area contributed by atoms with Crippen LogP contribution in [0.4, 0.5) is 0 Å². The number of benzene rings is 2. The summed E-state index contributed by atoms with van der Waals surface area (Å²) in [5.74, 6) is 1.04. The predicted molar refractivity (Wildman–Crippen MR) is 91.6 cm³/mol. The van der Waals surface area contributed by atoms with Crippen LogP contribution in [0.1, 0.15) is 11.1 Å². The smallest absolute Gasteiger partial charge is 0.180 e. The van der Waals surface area contributed by atoms with Gasteiger partial charge in [0.05, 0.1) is 12.1 Å². The maximum absolute atomic E-state index is 6.30. The lowest BCUT2D eigenvalue weighted by atomic mass is 10.2. The summed E-state index contributed by atoms with van der Waals surface area (Å²) in [5, 5.41) is 4.65. The number of rotatable bonds is 6. The number of halogens is 3. The van der Waals surface area contributed by atoms with Crippen LogP contribution in [0.3, 0.4) is 0 Å². The Morgan fingerprint density at radius 2 is 1.73 bits per heavy atom. The Labute approximate surface area is 145 Å². The number of methoxy groups -OCH3 is 1. The lowest BCUT2D eigenvalue weighted by Gasteiger charge is -2.15. The molecule has 0 radical (unpaired) electrons. The molecule has 2 aromatic rings. The largest absolute Gasteiger partial charge is 0.493 e. The van der Waals surface area contributed by atoms with Crippen LogP contribution in [0.2, 0.25) is 15.1 Å². The van der Waals surface area contributed by atoms with Gasteiger partial charge in [-0.1, -0.05) is 40.9 Å². The van der Waals surface area contributed by atoms with Gasteiger partial charge in [0, 0.05) is 22.2 Å². The van der Waals surface area contributed by atoms with Crippen molar-refractivity contribution in [2.24, 2.45) is 0 Å². The van der Waals surface area contributed by atoms with E-state index in [0.29, 0.717) is 38.7 Å². The minimum absolute atomic E-state index is 0.208. The van der Waals surface area contributed by atoms with Crippen molar-refractivity contribution >= 4 is 34.8 Å². The van der Waals surface area contributed by atoms with Crippen molar-refractivity contribution in [3.8, 4) is 11.5 Å². The summed E-state index contributed by atoms with van der Waals surface area (Å²) >= 11 is 18.6. The van der Waals surface area contributed by atoms with E-state index in [9.17, 15) is 0 Å². The van der Waals surface area contributed by atoms with E-state index in [4.69, 9.17) is 44.3 Å². The Bertz CT molecular complexity index is 642. The molecule has 0 aliphatic carbocycles. The van der Waals surface area contributed by atoms with E-state index in [0.717, 1.165) is 5.56 Å². The van der Waals surface area contributed by atoms with Crippen molar-refractivity contribution in [2.45, 2.75) is 13.2 Å². The van der Waals surface area contributed by atoms with Crippen molar-refractivity contribution in [2.75, 3.05) is 14.2 Å². The Morgan fingerprint density at radius 1 is 1.05 bits per heavy atom. The first-order valence-corrected chi connectivity index (χ1v) is 7.77. The average molecular weight is 361 g/mol. The monoisotopic (exact) mass is 359 g/mol. The fourth-order valence-corrected chi connectivity index (χ4v) is 2.83. The van der Waals surface area contributed by atoms with E-state index in [1.807, 2.05) is 19.2 Å². The zero-order valence-corrected chi connectivity index (χ0v) is 14.5. The van der Waals surface area contributed by atoms with Crippen molar-refractivity contribution in [1.29, 1.82) is 0 Å². The first kappa shape index (κ1) is 17.2. The minimum atomic E-state index is 0.208. The lowest BCUT2D eigenvalue weighted by Crippen LogP contribution is -2.06. The van der Waals surface area contributed by atoms with Gasteiger partial charge in [0.2, 0.25) is 0 Å². The third-order valence-corrected chi connectivity index (χ3v) is 4.08. The van der Waals surface area contributed by atoms with E-state index in [1.54, 1.807) is 25.3 Å². The highest BCUT2D eigenvalue weighted by molar-refractivity contribution is 6.36. The Morgan fingerprint density at radius 3 is 2.32 bits per heavy atom. The Hall–Kier alpha value is -1.13. The highest BCUT2D eigenvalue weighted by Gasteiger charge is 2.14. The molecule has 22 heavy (non-hydrogen) atoms. The molecule has 1 N–H and O–H groups in total. The number of hydrogen-bond acceptors (Lipinski definition) is 3. The first-order valence-electron chi connectivity index (χ1n) is 6.63. The summed E-state index contributed by atoms with van der Waals surface area (Å²) in [6.45, 7) is 0.895. The van der Waals surface area contributed by atoms with E-state index >= 15 is 0 Å². The summed E-state index contributed by atoms with van der Waals surface area (Å²) in [6.07, 6.45) is 0. The second-order valence-corrected chi connectivity index (χ2v) is 5.85. The fourth-order valence-electron chi connectivity index (χ4n) is 2.03. The molecule has 0 atom stereocenters. The number of hydrogen-bond donors (Lipinski definition) is 1. The third-order valence-electron chi connectivity index (χ3n) is 3.09. The van der Waals surface area contributed by atoms with Crippen LogP contribution in [0.15, 0.2) is 30.3 Å². The molecule has 0 saturated carbocycles. The van der Waals surface area contributed by atoms with Gasteiger partial charge in [-0.05, 0) is 36.9 Å². The van der Waals surface area contributed by atoms with Crippen LogP contribution in [0.25, 0.3) is 0 Å². The molecule has 6 heteroatoms. The van der Waals surface area contributed by atoms with Crippen LogP contribution >= 0.6 is 34.8 Å². The third kappa shape index (κ3) is 3.99. The standard InChI is InChI=1S/C16H16Cl3NO2/c1-20-8-10-6-14(19)16(15(7-10)21-2)22-9-11-12(17)4-3-5-13(11)18/h3-7,20H,8-9H2,1-2H3. The topological polar surface area (TPSA) is 30.5 Å². The molecule has 0 heterocycles. The van der Waals surface area contributed by atoms with Gasteiger partial charge in [-0.25, -0.2) is 0 Å². The average Bonchev–Trinajstić information content (AvgIpc) is 2.48. The second kappa shape index (κ2) is 7.93. The molecule has 118 valence electrons. The Balaban J connectivity index is 2.26. The molecular formula is C16H16Cl3NO2. The first-order chi connectivity index (χ1) is 10.6. The van der Waals surface area contributed by atoms with Gasteiger partial charge in [0.25, 0.3) is 0 Å². The zero-order valence-electron chi connectivity index (χ0n) is 12.3. The lowest BCUT2D eigenvalue weighted by molar-refractivity contribution is 0.284. The van der Waals surface area contributed by atoms with Gasteiger partial charge < -0.3 is 14.8 Å². The van der Waals surface area contributed by atoms with Crippen LogP contribution in [0, 0.1) is 0 Å². The van der Waals surface area contributed by atoms with Gasteiger partial charge in [0.1, 0.15) is 6.61 Å². The number of ether oxygens (including phenoxy) is 2. The Kier molecular flexibility index (Phi) is 6.21. The van der Waals surface area contributed by atoms with Gasteiger partial charge in [-0.3, -0.25) is 0 Å². The van der Waals surface area contributed by atoms with Gasteiger partial charge in [-0.15, -0.1) is 0 Å². The van der Waals surface area contributed by atoms with Crippen LogP contribution in [0.5, 0.6) is 11.5 Å². The summed E-state index contributed by atoms with van der Waals surface area (Å²) in [6, 6.07) is 9.03. The molecular weight excluding hydrogens is 345 g/mol. The molecule has 2 aromatic carbocycles. The van der Waals surface area contributed by atoms with Gasteiger partial charge in [-0.2, -0.15) is 0 Å². The highest BCUT2D eigenvalue weighted by Crippen LogP contribution is 2.37. The quantitative estimate of drug-likeness (QED) is 0.790. The molecule has 0 bridgehead atoms. The van der Waals surface area contributed by atoms with Gasteiger partial charge in [0.15, 0.2) is 11.5 Å². The van der Waals surface area contributed by atoms with E-state index in [2.05, 4.69) is 5.32 Å². The van der Waals surface area contributed by atoms with Crippen molar-refractivity contribution in [3.05, 3.63) is 56.5 Å². The molecule has 0 saturated heterocycles. The van der Waals surface area contributed by atoms with Gasteiger partial charge >= 0.3 is 0 Å². The predicted octanol–water partition coefficient (Wildman–Crippen LogP) is 4.95. The summed E-state index contributed by atoms with van der Waals surface area (Å²) in [4.78, 5) is 0. The maximum Gasteiger partial charge on any atom is 0.180 e. The highest BCUT2D eigenvalue weighted by atomic mass is 35.5. The SMILES string of the molecule is CNCc1cc(Cl)c(OCc2c(Cl)cccc2Cl)c(OC)c1. The summed E-state index contributed by atoms with van der Waals surface area (Å²) in [7, 11) is 3.44. The normalized spacial score (nSPS) is 10.6. The minimum Gasteiger partial charge on any atom is -0.493 e. The van der Waals surface area contributed by atoms with E-state index < -0.39 is 0 Å². The van der Waals surface area contributed by atoms with Crippen LogP contribution in [-0.2, 0) is 13.2 Å². The summed E-state index contributed by atoms with van der Waals surface area (Å²) in [5.41, 5.74) is 1.72. The van der Waals surface area contributed by atoms with Crippen molar-refractivity contribution in [1.82, 2.24) is 5.32 Å². The van der Waals surface area contributed by atoms with Crippen molar-refractivity contribution in [3.63, 3.8) is 0 Å². The maximum atomic E-state index is 6.30. The zero-order chi connectivity index (χ0) is 16.1.